The number of hydrogen-bond donors (Lipinski definition) is 0. The average Bonchev–Trinajstić information content (AvgIpc) is 2.59. The summed E-state index contributed by atoms with van der Waals surface area (Å²) in [5.74, 6) is -1.47. The molecule has 0 saturated carbocycles. The Balaban J connectivity index is 2.06. The molecule has 0 N–H and O–H groups in total. The van der Waals surface area contributed by atoms with Crippen LogP contribution < -0.4 is 0 Å². The quantitative estimate of drug-likeness (QED) is 0.701. The van der Waals surface area contributed by atoms with Crippen molar-refractivity contribution < 1.29 is 27.6 Å². The second-order valence-electron chi connectivity index (χ2n) is 7.08. The van der Waals surface area contributed by atoms with Gasteiger partial charge in [0.15, 0.2) is 0 Å². The molecule has 2 aromatic carbocycles. The van der Waals surface area contributed by atoms with Gasteiger partial charge in [-0.15, -0.1) is 0 Å². The Bertz CT molecular complexity index is 820. The van der Waals surface area contributed by atoms with E-state index < -0.39 is 23.6 Å². The zero-order valence-corrected chi connectivity index (χ0v) is 15.4. The van der Waals surface area contributed by atoms with E-state index in [9.17, 15) is 22.8 Å². The third-order valence-corrected chi connectivity index (χ3v) is 3.95. The van der Waals surface area contributed by atoms with E-state index in [1.807, 2.05) is 32.9 Å². The first kappa shape index (κ1) is 20.5. The number of rotatable bonds is 2. The van der Waals surface area contributed by atoms with Crippen LogP contribution in [0.1, 0.15) is 52.6 Å². The number of hydrogen-bond acceptors (Lipinski definition) is 3. The Labute approximate surface area is 155 Å². The lowest BCUT2D eigenvalue weighted by atomic mass is 9.87. The monoisotopic (exact) mass is 379 g/mol. The molecule has 0 bridgehead atoms. The zero-order chi connectivity index (χ0) is 20.4. The molecule has 0 radical (unpaired) electrons. The molecule has 1 amide bonds. The van der Waals surface area contributed by atoms with Gasteiger partial charge in [-0.3, -0.25) is 4.79 Å². The minimum Gasteiger partial charge on any atom is -0.333 e. The third-order valence-electron chi connectivity index (χ3n) is 3.95. The van der Waals surface area contributed by atoms with Crippen molar-refractivity contribution in [3.8, 4) is 0 Å². The number of benzene rings is 2. The Hall–Kier alpha value is -2.83. The molecule has 0 aliphatic heterocycles. The van der Waals surface area contributed by atoms with Gasteiger partial charge in [-0.25, -0.2) is 4.79 Å². The van der Waals surface area contributed by atoms with Gasteiger partial charge in [-0.05, 0) is 47.4 Å². The first-order chi connectivity index (χ1) is 12.4. The van der Waals surface area contributed by atoms with Crippen LogP contribution in [0, 0.1) is 0 Å². The van der Waals surface area contributed by atoms with E-state index in [4.69, 9.17) is 4.84 Å². The lowest BCUT2D eigenvalue weighted by molar-refractivity contribution is -0.137. The van der Waals surface area contributed by atoms with E-state index in [0.29, 0.717) is 5.56 Å². The van der Waals surface area contributed by atoms with Crippen LogP contribution in [0.2, 0.25) is 0 Å². The molecule has 0 aliphatic carbocycles. The molecule has 144 valence electrons. The SMILES string of the molecule is CN(OC(=O)c1ccc(C(F)(F)F)cc1)C(=O)c1ccc(C(C)(C)C)cc1. The molecule has 0 aromatic heterocycles. The van der Waals surface area contributed by atoms with Crippen molar-refractivity contribution in [2.45, 2.75) is 32.4 Å². The molecule has 0 heterocycles. The predicted octanol–water partition coefficient (Wildman–Crippen LogP) is 4.85. The Morgan fingerprint density at radius 3 is 1.70 bits per heavy atom. The standard InChI is InChI=1S/C20H20F3NO3/c1-19(2,3)15-9-5-13(6-10-15)17(25)24(4)27-18(26)14-7-11-16(12-8-14)20(21,22)23/h5-12H,1-4H3. The molecule has 0 fully saturated rings. The maximum atomic E-state index is 12.6. The molecule has 7 heteroatoms. The summed E-state index contributed by atoms with van der Waals surface area (Å²) in [5.41, 5.74) is 0.338. The largest absolute Gasteiger partial charge is 0.416 e. The van der Waals surface area contributed by atoms with Crippen LogP contribution in [0.25, 0.3) is 0 Å². The minimum absolute atomic E-state index is 0.0669. The van der Waals surface area contributed by atoms with Gasteiger partial charge in [-0.2, -0.15) is 18.2 Å². The van der Waals surface area contributed by atoms with E-state index in [2.05, 4.69) is 0 Å². The molecule has 0 saturated heterocycles. The Morgan fingerprint density at radius 2 is 1.26 bits per heavy atom. The fraction of sp³-hybridized carbons (Fsp3) is 0.300. The molecule has 2 aromatic rings. The van der Waals surface area contributed by atoms with Gasteiger partial charge >= 0.3 is 12.1 Å². The molecular weight excluding hydrogens is 359 g/mol. The Kier molecular flexibility index (Phi) is 5.63. The zero-order valence-electron chi connectivity index (χ0n) is 15.4. The second-order valence-corrected chi connectivity index (χ2v) is 7.08. The number of carbonyl (C=O) groups excluding carboxylic acids is 2. The molecule has 0 atom stereocenters. The van der Waals surface area contributed by atoms with Crippen molar-refractivity contribution in [1.82, 2.24) is 5.06 Å². The molecule has 0 unspecified atom stereocenters. The van der Waals surface area contributed by atoms with Crippen molar-refractivity contribution in [2.24, 2.45) is 0 Å². The fourth-order valence-corrected chi connectivity index (χ4v) is 2.31. The van der Waals surface area contributed by atoms with E-state index in [-0.39, 0.29) is 11.0 Å². The van der Waals surface area contributed by atoms with Crippen molar-refractivity contribution in [2.75, 3.05) is 7.05 Å². The lowest BCUT2D eigenvalue weighted by Crippen LogP contribution is -2.30. The summed E-state index contributed by atoms with van der Waals surface area (Å²) >= 11 is 0. The number of nitrogens with zero attached hydrogens (tertiary/aromatic N) is 1. The maximum absolute atomic E-state index is 12.6. The van der Waals surface area contributed by atoms with Crippen LogP contribution in [0.15, 0.2) is 48.5 Å². The van der Waals surface area contributed by atoms with Crippen molar-refractivity contribution in [3.05, 3.63) is 70.8 Å². The molecule has 0 spiro atoms. The summed E-state index contributed by atoms with van der Waals surface area (Å²) in [4.78, 5) is 29.3. The number of carbonyl (C=O) groups is 2. The minimum atomic E-state index is -4.49. The van der Waals surface area contributed by atoms with Gasteiger partial charge in [0.05, 0.1) is 11.1 Å². The van der Waals surface area contributed by atoms with Crippen LogP contribution in [0.3, 0.4) is 0 Å². The predicted molar refractivity (Wildman–Crippen MR) is 94.1 cm³/mol. The van der Waals surface area contributed by atoms with Crippen molar-refractivity contribution >= 4 is 11.9 Å². The first-order valence-corrected chi connectivity index (χ1v) is 8.18. The smallest absolute Gasteiger partial charge is 0.333 e. The highest BCUT2D eigenvalue weighted by Gasteiger charge is 2.30. The fourth-order valence-electron chi connectivity index (χ4n) is 2.31. The summed E-state index contributed by atoms with van der Waals surface area (Å²) in [6.45, 7) is 6.13. The average molecular weight is 379 g/mol. The summed E-state index contributed by atoms with van der Waals surface area (Å²) in [6.07, 6.45) is -4.49. The van der Waals surface area contributed by atoms with Gasteiger partial charge in [0.2, 0.25) is 0 Å². The molecule has 2 rings (SSSR count). The van der Waals surface area contributed by atoms with Gasteiger partial charge in [0.1, 0.15) is 0 Å². The summed E-state index contributed by atoms with van der Waals surface area (Å²) in [7, 11) is 1.27. The third kappa shape index (κ3) is 5.09. The number of alkyl halides is 3. The van der Waals surface area contributed by atoms with Crippen LogP contribution in [0.4, 0.5) is 13.2 Å². The summed E-state index contributed by atoms with van der Waals surface area (Å²) in [6, 6.07) is 10.5. The normalized spacial score (nSPS) is 11.8. The summed E-state index contributed by atoms with van der Waals surface area (Å²) in [5, 5.41) is 0.756. The van der Waals surface area contributed by atoms with Crippen LogP contribution >= 0.6 is 0 Å². The number of amides is 1. The topological polar surface area (TPSA) is 46.6 Å². The van der Waals surface area contributed by atoms with Crippen LogP contribution in [-0.4, -0.2) is 24.0 Å². The van der Waals surface area contributed by atoms with E-state index >= 15 is 0 Å². The second kappa shape index (κ2) is 7.42. The summed E-state index contributed by atoms with van der Waals surface area (Å²) < 4.78 is 37.7. The lowest BCUT2D eigenvalue weighted by Gasteiger charge is -2.20. The highest BCUT2D eigenvalue weighted by Crippen LogP contribution is 2.29. The molecule has 4 nitrogen and oxygen atoms in total. The van der Waals surface area contributed by atoms with Gasteiger partial charge < -0.3 is 4.84 Å². The number of hydroxylamine groups is 2. The van der Waals surface area contributed by atoms with Crippen molar-refractivity contribution in [3.63, 3.8) is 0 Å². The van der Waals surface area contributed by atoms with E-state index in [1.54, 1.807) is 12.1 Å². The molecular formula is C20H20F3NO3. The maximum Gasteiger partial charge on any atom is 0.416 e. The van der Waals surface area contributed by atoms with Gasteiger partial charge in [-0.1, -0.05) is 32.9 Å². The van der Waals surface area contributed by atoms with Crippen LogP contribution in [0.5, 0.6) is 0 Å². The highest BCUT2D eigenvalue weighted by atomic mass is 19.4. The first-order valence-electron chi connectivity index (χ1n) is 8.18. The Morgan fingerprint density at radius 1 is 0.815 bits per heavy atom. The molecule has 27 heavy (non-hydrogen) atoms. The highest BCUT2D eigenvalue weighted by molar-refractivity contribution is 5.95. The van der Waals surface area contributed by atoms with E-state index in [1.165, 1.54) is 7.05 Å². The van der Waals surface area contributed by atoms with Gasteiger partial charge in [0, 0.05) is 12.6 Å². The van der Waals surface area contributed by atoms with Gasteiger partial charge in [0.25, 0.3) is 5.91 Å². The van der Waals surface area contributed by atoms with Crippen molar-refractivity contribution in [1.29, 1.82) is 0 Å². The van der Waals surface area contributed by atoms with Crippen LogP contribution in [-0.2, 0) is 16.4 Å². The molecule has 0 aliphatic rings. The van der Waals surface area contributed by atoms with E-state index in [0.717, 1.165) is 34.9 Å². The number of halogens is 3.